The van der Waals surface area contributed by atoms with Crippen LogP contribution in [0.2, 0.25) is 0 Å². The normalized spacial score (nSPS) is 11.1. The number of rotatable bonds is 6. The molecule has 0 aromatic heterocycles. The molecule has 0 aliphatic heterocycles. The molecule has 8 heteroatoms. The SMILES string of the molecule is CCN(C)C(=O)CNC(=O)CNCC(F)(F)F. The molecular weight excluding hydrogens is 239 g/mol. The topological polar surface area (TPSA) is 61.4 Å². The zero-order valence-electron chi connectivity index (χ0n) is 9.73. The van der Waals surface area contributed by atoms with Crippen LogP contribution in [0.1, 0.15) is 6.92 Å². The highest BCUT2D eigenvalue weighted by Crippen LogP contribution is 2.11. The van der Waals surface area contributed by atoms with E-state index in [1.165, 1.54) is 4.90 Å². The van der Waals surface area contributed by atoms with E-state index in [2.05, 4.69) is 5.32 Å². The predicted octanol–water partition coefficient (Wildman–Crippen LogP) is -0.267. The predicted molar refractivity (Wildman–Crippen MR) is 55.2 cm³/mol. The fourth-order valence-corrected chi connectivity index (χ4v) is 0.866. The highest BCUT2D eigenvalue weighted by Gasteiger charge is 2.26. The van der Waals surface area contributed by atoms with Gasteiger partial charge in [-0.1, -0.05) is 0 Å². The minimum atomic E-state index is -4.35. The lowest BCUT2D eigenvalue weighted by Gasteiger charge is -2.14. The molecule has 0 atom stereocenters. The molecule has 0 aliphatic carbocycles. The van der Waals surface area contributed by atoms with Crippen molar-refractivity contribution >= 4 is 11.8 Å². The number of likely N-dealkylation sites (N-methyl/N-ethyl adjacent to an activating group) is 1. The van der Waals surface area contributed by atoms with Crippen LogP contribution in [0.5, 0.6) is 0 Å². The summed E-state index contributed by atoms with van der Waals surface area (Å²) < 4.78 is 35.2. The molecule has 5 nitrogen and oxygen atoms in total. The Morgan fingerprint density at radius 3 is 2.29 bits per heavy atom. The van der Waals surface area contributed by atoms with Gasteiger partial charge in [0.1, 0.15) is 0 Å². The average molecular weight is 255 g/mol. The van der Waals surface area contributed by atoms with Crippen LogP contribution < -0.4 is 10.6 Å². The van der Waals surface area contributed by atoms with Crippen LogP contribution >= 0.6 is 0 Å². The van der Waals surface area contributed by atoms with Crippen LogP contribution in [0.15, 0.2) is 0 Å². The van der Waals surface area contributed by atoms with Gasteiger partial charge in [0.25, 0.3) is 0 Å². The fourth-order valence-electron chi connectivity index (χ4n) is 0.866. The quantitative estimate of drug-likeness (QED) is 0.687. The van der Waals surface area contributed by atoms with E-state index in [4.69, 9.17) is 0 Å². The lowest BCUT2D eigenvalue weighted by atomic mass is 10.4. The van der Waals surface area contributed by atoms with Gasteiger partial charge in [0.05, 0.1) is 19.6 Å². The second-order valence-corrected chi connectivity index (χ2v) is 3.40. The standard InChI is InChI=1S/C9H16F3N3O2/c1-3-15(2)8(17)5-14-7(16)4-13-6-9(10,11)12/h13H,3-6H2,1-2H3,(H,14,16). The summed E-state index contributed by atoms with van der Waals surface area (Å²) in [7, 11) is 1.57. The van der Waals surface area contributed by atoms with E-state index >= 15 is 0 Å². The summed E-state index contributed by atoms with van der Waals surface area (Å²) in [6, 6.07) is 0. The van der Waals surface area contributed by atoms with Gasteiger partial charge in [-0.05, 0) is 6.92 Å². The molecule has 0 aromatic rings. The molecule has 0 aromatic carbocycles. The number of carbonyl (C=O) groups excluding carboxylic acids is 2. The molecular formula is C9H16F3N3O2. The third-order valence-electron chi connectivity index (χ3n) is 1.95. The lowest BCUT2D eigenvalue weighted by molar-refractivity contribution is -0.133. The maximum absolute atomic E-state index is 11.7. The first-order chi connectivity index (χ1) is 7.76. The van der Waals surface area contributed by atoms with Crippen molar-refractivity contribution in [2.45, 2.75) is 13.1 Å². The molecule has 0 bridgehead atoms. The van der Waals surface area contributed by atoms with Crippen LogP contribution in [0.25, 0.3) is 0 Å². The van der Waals surface area contributed by atoms with Gasteiger partial charge in [-0.3, -0.25) is 9.59 Å². The Morgan fingerprint density at radius 2 is 1.82 bits per heavy atom. The number of alkyl halides is 3. The molecule has 0 radical (unpaired) electrons. The number of nitrogens with zero attached hydrogens (tertiary/aromatic N) is 1. The minimum absolute atomic E-state index is 0.211. The van der Waals surface area contributed by atoms with Crippen molar-refractivity contribution in [2.24, 2.45) is 0 Å². The molecule has 100 valence electrons. The zero-order valence-corrected chi connectivity index (χ0v) is 9.73. The fraction of sp³-hybridized carbons (Fsp3) is 0.778. The third-order valence-corrected chi connectivity index (χ3v) is 1.95. The monoisotopic (exact) mass is 255 g/mol. The van der Waals surface area contributed by atoms with Gasteiger partial charge in [0.2, 0.25) is 11.8 Å². The first-order valence-electron chi connectivity index (χ1n) is 5.04. The van der Waals surface area contributed by atoms with E-state index < -0.39 is 25.2 Å². The number of nitrogens with one attached hydrogen (secondary N) is 2. The van der Waals surface area contributed by atoms with E-state index in [1.807, 2.05) is 5.32 Å². The second-order valence-electron chi connectivity index (χ2n) is 3.40. The van der Waals surface area contributed by atoms with Crippen molar-refractivity contribution < 1.29 is 22.8 Å². The Labute approximate surface area is 97.3 Å². The first-order valence-corrected chi connectivity index (χ1v) is 5.04. The van der Waals surface area contributed by atoms with Gasteiger partial charge < -0.3 is 15.5 Å². The molecule has 0 aliphatic rings. The van der Waals surface area contributed by atoms with Crippen LogP contribution in [-0.4, -0.2) is 56.1 Å². The van der Waals surface area contributed by atoms with Crippen molar-refractivity contribution in [3.63, 3.8) is 0 Å². The van der Waals surface area contributed by atoms with Gasteiger partial charge >= 0.3 is 6.18 Å². The third kappa shape index (κ3) is 8.49. The summed E-state index contributed by atoms with van der Waals surface area (Å²) in [5, 5.41) is 4.15. The average Bonchev–Trinajstić information content (AvgIpc) is 2.22. The van der Waals surface area contributed by atoms with E-state index in [-0.39, 0.29) is 12.5 Å². The largest absolute Gasteiger partial charge is 0.401 e. The number of amides is 2. The Morgan fingerprint density at radius 1 is 1.24 bits per heavy atom. The summed E-state index contributed by atoms with van der Waals surface area (Å²) in [6.45, 7) is 0.356. The molecule has 0 heterocycles. The Kier molecular flexibility index (Phi) is 6.55. The van der Waals surface area contributed by atoms with Gasteiger partial charge in [-0.2, -0.15) is 13.2 Å². The van der Waals surface area contributed by atoms with Crippen molar-refractivity contribution in [3.05, 3.63) is 0 Å². The van der Waals surface area contributed by atoms with Crippen LogP contribution in [0.4, 0.5) is 13.2 Å². The summed E-state index contributed by atoms with van der Waals surface area (Å²) >= 11 is 0. The molecule has 2 amide bonds. The van der Waals surface area contributed by atoms with Crippen molar-refractivity contribution in [2.75, 3.05) is 33.2 Å². The maximum atomic E-state index is 11.7. The molecule has 0 saturated heterocycles. The summed E-state index contributed by atoms with van der Waals surface area (Å²) in [5.74, 6) is -0.941. The Balaban J connectivity index is 3.70. The second kappa shape index (κ2) is 7.10. The molecule has 0 unspecified atom stereocenters. The molecule has 0 spiro atoms. The molecule has 0 fully saturated rings. The summed E-state index contributed by atoms with van der Waals surface area (Å²) in [6.07, 6.45) is -4.35. The molecule has 17 heavy (non-hydrogen) atoms. The number of hydrogen-bond acceptors (Lipinski definition) is 3. The molecule has 2 N–H and O–H groups in total. The number of carbonyl (C=O) groups is 2. The Bertz CT molecular complexity index is 269. The van der Waals surface area contributed by atoms with Gasteiger partial charge in [0, 0.05) is 13.6 Å². The van der Waals surface area contributed by atoms with E-state index in [1.54, 1.807) is 14.0 Å². The minimum Gasteiger partial charge on any atom is -0.346 e. The zero-order chi connectivity index (χ0) is 13.5. The van der Waals surface area contributed by atoms with Crippen LogP contribution in [0, 0.1) is 0 Å². The number of halogens is 3. The smallest absolute Gasteiger partial charge is 0.346 e. The van der Waals surface area contributed by atoms with E-state index in [0.717, 1.165) is 0 Å². The molecule has 0 rings (SSSR count). The van der Waals surface area contributed by atoms with Crippen molar-refractivity contribution in [1.29, 1.82) is 0 Å². The maximum Gasteiger partial charge on any atom is 0.401 e. The van der Waals surface area contributed by atoms with Crippen LogP contribution in [0.3, 0.4) is 0 Å². The van der Waals surface area contributed by atoms with Gasteiger partial charge in [0.15, 0.2) is 0 Å². The van der Waals surface area contributed by atoms with Gasteiger partial charge in [-0.15, -0.1) is 0 Å². The van der Waals surface area contributed by atoms with Crippen molar-refractivity contribution in [3.8, 4) is 0 Å². The summed E-state index contributed by atoms with van der Waals surface area (Å²) in [5.41, 5.74) is 0. The first kappa shape index (κ1) is 15.7. The van der Waals surface area contributed by atoms with Crippen LogP contribution in [-0.2, 0) is 9.59 Å². The lowest BCUT2D eigenvalue weighted by Crippen LogP contribution is -2.42. The van der Waals surface area contributed by atoms with Gasteiger partial charge in [-0.25, -0.2) is 0 Å². The van der Waals surface area contributed by atoms with Crippen molar-refractivity contribution in [1.82, 2.24) is 15.5 Å². The van der Waals surface area contributed by atoms with E-state index in [0.29, 0.717) is 6.54 Å². The highest BCUT2D eigenvalue weighted by molar-refractivity contribution is 5.85. The van der Waals surface area contributed by atoms with E-state index in [9.17, 15) is 22.8 Å². The highest BCUT2D eigenvalue weighted by atomic mass is 19.4. The Hall–Kier alpha value is -1.31. The number of hydrogen-bond donors (Lipinski definition) is 2. The summed E-state index contributed by atoms with van der Waals surface area (Å²) in [4.78, 5) is 23.6. The molecule has 0 saturated carbocycles.